The molecular formula is C20H21ClN6O2. The zero-order valence-corrected chi connectivity index (χ0v) is 17.0. The molecule has 3 aromatic rings. The minimum Gasteiger partial charge on any atom is -0.382 e. The van der Waals surface area contributed by atoms with Gasteiger partial charge in [-0.3, -0.25) is 9.59 Å². The number of carbonyl (C=O) groups excluding carboxylic acids is 2. The van der Waals surface area contributed by atoms with Gasteiger partial charge in [-0.25, -0.2) is 4.68 Å². The van der Waals surface area contributed by atoms with Crippen LogP contribution in [0.25, 0.3) is 0 Å². The Kier molecular flexibility index (Phi) is 5.84. The third-order valence-electron chi connectivity index (χ3n) is 4.33. The zero-order valence-electron chi connectivity index (χ0n) is 16.3. The number of hydrogen-bond donors (Lipinski definition) is 3. The summed E-state index contributed by atoms with van der Waals surface area (Å²) in [4.78, 5) is 24.8. The lowest BCUT2D eigenvalue weighted by atomic mass is 10.1. The van der Waals surface area contributed by atoms with Gasteiger partial charge >= 0.3 is 0 Å². The van der Waals surface area contributed by atoms with E-state index in [0.717, 1.165) is 22.4 Å². The lowest BCUT2D eigenvalue weighted by Gasteiger charge is -2.13. The fraction of sp³-hybridized carbons (Fsp3) is 0.200. The molecule has 0 spiro atoms. The Morgan fingerprint density at radius 1 is 1.07 bits per heavy atom. The van der Waals surface area contributed by atoms with Crippen molar-refractivity contribution in [3.05, 3.63) is 63.8 Å². The number of aromatic nitrogens is 3. The molecule has 0 unspecified atom stereocenters. The molecule has 0 atom stereocenters. The Morgan fingerprint density at radius 3 is 2.31 bits per heavy atom. The van der Waals surface area contributed by atoms with Crippen LogP contribution in [0.15, 0.2) is 36.4 Å². The van der Waals surface area contributed by atoms with Gasteiger partial charge in [0.25, 0.3) is 5.91 Å². The molecule has 29 heavy (non-hydrogen) atoms. The Bertz CT molecular complexity index is 1050. The number of nitrogens with one attached hydrogen (secondary N) is 2. The van der Waals surface area contributed by atoms with E-state index in [1.165, 1.54) is 4.68 Å². The van der Waals surface area contributed by atoms with Gasteiger partial charge in [0, 0.05) is 16.4 Å². The topological polar surface area (TPSA) is 115 Å². The van der Waals surface area contributed by atoms with Gasteiger partial charge in [-0.1, -0.05) is 34.5 Å². The van der Waals surface area contributed by atoms with Crippen LogP contribution in [-0.4, -0.2) is 26.8 Å². The number of benzene rings is 2. The van der Waals surface area contributed by atoms with Crippen molar-refractivity contribution in [3.63, 3.8) is 0 Å². The first-order chi connectivity index (χ1) is 13.7. The van der Waals surface area contributed by atoms with Gasteiger partial charge in [0.2, 0.25) is 5.91 Å². The predicted molar refractivity (Wildman–Crippen MR) is 113 cm³/mol. The molecular weight excluding hydrogens is 392 g/mol. The van der Waals surface area contributed by atoms with Gasteiger partial charge in [0.05, 0.1) is 0 Å². The van der Waals surface area contributed by atoms with Gasteiger partial charge in [-0.05, 0) is 56.2 Å². The molecule has 150 valence electrons. The number of amides is 2. The van der Waals surface area contributed by atoms with Crippen LogP contribution in [0.4, 0.5) is 17.2 Å². The molecule has 0 saturated heterocycles. The summed E-state index contributed by atoms with van der Waals surface area (Å²) < 4.78 is 1.19. The standard InChI is InChI=1S/C20H21ClN6O2/c1-11-8-12(2)17(13(3)9-11)24-16(28)10-27-19(22)18(25-26-27)20(29)23-15-6-4-14(21)5-7-15/h4-9H,10,22H2,1-3H3,(H,23,29)(H,24,28). The second-order valence-electron chi connectivity index (χ2n) is 6.76. The van der Waals surface area contributed by atoms with Crippen LogP contribution in [0.3, 0.4) is 0 Å². The van der Waals surface area contributed by atoms with E-state index in [9.17, 15) is 9.59 Å². The number of aryl methyl sites for hydroxylation is 3. The average molecular weight is 413 g/mol. The fourth-order valence-corrected chi connectivity index (χ4v) is 3.14. The number of halogens is 1. The highest BCUT2D eigenvalue weighted by atomic mass is 35.5. The Hall–Kier alpha value is -3.39. The number of nitrogens with two attached hydrogens (primary N) is 1. The third kappa shape index (κ3) is 4.72. The molecule has 0 radical (unpaired) electrons. The predicted octanol–water partition coefficient (Wildman–Crippen LogP) is 3.33. The second-order valence-corrected chi connectivity index (χ2v) is 7.20. The molecule has 1 aromatic heterocycles. The van der Waals surface area contributed by atoms with Crippen molar-refractivity contribution >= 4 is 40.6 Å². The first-order valence-corrected chi connectivity index (χ1v) is 9.26. The van der Waals surface area contributed by atoms with Gasteiger partial charge < -0.3 is 16.4 Å². The summed E-state index contributed by atoms with van der Waals surface area (Å²) in [5.41, 5.74) is 10.3. The summed E-state index contributed by atoms with van der Waals surface area (Å²) in [6.45, 7) is 5.69. The highest BCUT2D eigenvalue weighted by Crippen LogP contribution is 2.22. The largest absolute Gasteiger partial charge is 0.382 e. The van der Waals surface area contributed by atoms with Crippen molar-refractivity contribution in [3.8, 4) is 0 Å². The second kappa shape index (κ2) is 8.32. The maximum absolute atomic E-state index is 12.5. The van der Waals surface area contributed by atoms with Crippen LogP contribution in [0.5, 0.6) is 0 Å². The van der Waals surface area contributed by atoms with E-state index >= 15 is 0 Å². The molecule has 3 rings (SSSR count). The number of nitrogens with zero attached hydrogens (tertiary/aromatic N) is 3. The number of rotatable bonds is 5. The molecule has 0 fully saturated rings. The fourth-order valence-electron chi connectivity index (χ4n) is 3.01. The molecule has 0 saturated carbocycles. The third-order valence-corrected chi connectivity index (χ3v) is 4.58. The summed E-state index contributed by atoms with van der Waals surface area (Å²) in [7, 11) is 0. The van der Waals surface area contributed by atoms with Crippen molar-refractivity contribution in [2.45, 2.75) is 27.3 Å². The normalized spacial score (nSPS) is 10.6. The van der Waals surface area contributed by atoms with Gasteiger partial charge in [-0.2, -0.15) is 0 Å². The Labute approximate surface area is 173 Å². The SMILES string of the molecule is Cc1cc(C)c(NC(=O)Cn2nnc(C(=O)Nc3ccc(Cl)cc3)c2N)c(C)c1. The number of nitrogen functional groups attached to an aromatic ring is 1. The van der Waals surface area contributed by atoms with Crippen molar-refractivity contribution < 1.29 is 9.59 Å². The average Bonchev–Trinajstić information content (AvgIpc) is 3.00. The highest BCUT2D eigenvalue weighted by Gasteiger charge is 2.19. The monoisotopic (exact) mass is 412 g/mol. The highest BCUT2D eigenvalue weighted by molar-refractivity contribution is 6.30. The first-order valence-electron chi connectivity index (χ1n) is 8.88. The lowest BCUT2D eigenvalue weighted by molar-refractivity contribution is -0.116. The maximum Gasteiger partial charge on any atom is 0.280 e. The molecule has 9 heteroatoms. The van der Waals surface area contributed by atoms with Crippen LogP contribution < -0.4 is 16.4 Å². The quantitative estimate of drug-likeness (QED) is 0.594. The van der Waals surface area contributed by atoms with E-state index in [0.29, 0.717) is 10.7 Å². The summed E-state index contributed by atoms with van der Waals surface area (Å²) in [6, 6.07) is 10.6. The molecule has 2 aromatic carbocycles. The van der Waals surface area contributed by atoms with E-state index in [-0.39, 0.29) is 24.0 Å². The first kappa shape index (κ1) is 20.3. The Morgan fingerprint density at radius 2 is 1.69 bits per heavy atom. The van der Waals surface area contributed by atoms with Crippen LogP contribution >= 0.6 is 11.6 Å². The molecule has 4 N–H and O–H groups in total. The van der Waals surface area contributed by atoms with Crippen molar-refractivity contribution in [1.29, 1.82) is 0 Å². The van der Waals surface area contributed by atoms with Crippen molar-refractivity contribution in [2.24, 2.45) is 0 Å². The summed E-state index contributed by atoms with van der Waals surface area (Å²) in [5.74, 6) is -0.841. The van der Waals surface area contributed by atoms with Crippen LogP contribution in [0, 0.1) is 20.8 Å². The molecule has 8 nitrogen and oxygen atoms in total. The minimum atomic E-state index is -0.526. The molecule has 1 heterocycles. The number of hydrogen-bond acceptors (Lipinski definition) is 5. The van der Waals surface area contributed by atoms with E-state index in [4.69, 9.17) is 17.3 Å². The van der Waals surface area contributed by atoms with E-state index < -0.39 is 5.91 Å². The Balaban J connectivity index is 1.70. The molecule has 0 aliphatic carbocycles. The van der Waals surface area contributed by atoms with Crippen molar-refractivity contribution in [1.82, 2.24) is 15.0 Å². The van der Waals surface area contributed by atoms with E-state index in [2.05, 4.69) is 20.9 Å². The minimum absolute atomic E-state index is 0.00367. The number of anilines is 3. The molecule has 0 aliphatic rings. The lowest BCUT2D eigenvalue weighted by Crippen LogP contribution is -2.22. The van der Waals surface area contributed by atoms with Gasteiger partial charge in [-0.15, -0.1) is 5.10 Å². The summed E-state index contributed by atoms with van der Waals surface area (Å²) >= 11 is 5.83. The molecule has 2 amide bonds. The summed E-state index contributed by atoms with van der Waals surface area (Å²) in [6.07, 6.45) is 0. The van der Waals surface area contributed by atoms with Gasteiger partial charge in [0.1, 0.15) is 6.54 Å². The van der Waals surface area contributed by atoms with Crippen LogP contribution in [0.2, 0.25) is 5.02 Å². The maximum atomic E-state index is 12.5. The van der Waals surface area contributed by atoms with E-state index in [1.807, 2.05) is 32.9 Å². The summed E-state index contributed by atoms with van der Waals surface area (Å²) in [5, 5.41) is 13.7. The molecule has 0 aliphatic heterocycles. The number of carbonyl (C=O) groups is 2. The van der Waals surface area contributed by atoms with Gasteiger partial charge in [0.15, 0.2) is 11.5 Å². The van der Waals surface area contributed by atoms with E-state index in [1.54, 1.807) is 24.3 Å². The smallest absolute Gasteiger partial charge is 0.280 e. The van der Waals surface area contributed by atoms with Crippen LogP contribution in [0.1, 0.15) is 27.2 Å². The molecule has 0 bridgehead atoms. The van der Waals surface area contributed by atoms with Crippen molar-refractivity contribution in [2.75, 3.05) is 16.4 Å². The van der Waals surface area contributed by atoms with Crippen LogP contribution in [-0.2, 0) is 11.3 Å². The zero-order chi connectivity index (χ0) is 21.1.